The zero-order valence-electron chi connectivity index (χ0n) is 16.7. The molecule has 5 heteroatoms. The van der Waals surface area contributed by atoms with E-state index >= 15 is 0 Å². The van der Waals surface area contributed by atoms with E-state index in [1.807, 2.05) is 62.4 Å². The monoisotopic (exact) mass is 379 g/mol. The molecule has 5 nitrogen and oxygen atoms in total. The van der Waals surface area contributed by atoms with Gasteiger partial charge in [-0.25, -0.2) is 0 Å². The lowest BCUT2D eigenvalue weighted by Crippen LogP contribution is -2.54. The lowest BCUT2D eigenvalue weighted by atomic mass is 9.80. The molecular weight excluding hydrogens is 350 g/mol. The number of rotatable bonds is 6. The van der Waals surface area contributed by atoms with E-state index in [-0.39, 0.29) is 18.4 Å². The number of benzene rings is 2. The summed E-state index contributed by atoms with van der Waals surface area (Å²) in [6.45, 7) is 4.00. The van der Waals surface area contributed by atoms with E-state index in [1.54, 1.807) is 0 Å². The number of amides is 2. The van der Waals surface area contributed by atoms with Crippen LogP contribution in [0.15, 0.2) is 48.5 Å². The SMILES string of the molecule is Cc1ccc(NC(=O)CNC(=O)C2(Nc3ccc(C)cc3)CCCCC2)cc1. The zero-order valence-corrected chi connectivity index (χ0v) is 16.7. The molecule has 0 heterocycles. The average molecular weight is 380 g/mol. The first-order valence-corrected chi connectivity index (χ1v) is 9.97. The minimum atomic E-state index is -0.655. The van der Waals surface area contributed by atoms with Crippen molar-refractivity contribution in [2.75, 3.05) is 17.2 Å². The largest absolute Gasteiger partial charge is 0.371 e. The molecule has 3 N–H and O–H groups in total. The molecule has 1 aliphatic rings. The van der Waals surface area contributed by atoms with Gasteiger partial charge in [0.05, 0.1) is 6.54 Å². The fourth-order valence-electron chi connectivity index (χ4n) is 3.65. The lowest BCUT2D eigenvalue weighted by Gasteiger charge is -2.37. The van der Waals surface area contributed by atoms with Gasteiger partial charge in [-0.2, -0.15) is 0 Å². The molecule has 0 unspecified atom stereocenters. The Bertz CT molecular complexity index is 807. The van der Waals surface area contributed by atoms with Gasteiger partial charge in [0.25, 0.3) is 0 Å². The molecule has 2 amide bonds. The van der Waals surface area contributed by atoms with Crippen LogP contribution in [0.3, 0.4) is 0 Å². The second kappa shape index (κ2) is 8.91. The lowest BCUT2D eigenvalue weighted by molar-refractivity contribution is -0.128. The van der Waals surface area contributed by atoms with Crippen molar-refractivity contribution in [1.29, 1.82) is 0 Å². The molecule has 148 valence electrons. The standard InChI is InChI=1S/C23H29N3O2/c1-17-6-10-19(11-7-17)25-21(27)16-24-22(28)23(14-4-3-5-15-23)26-20-12-8-18(2)9-13-20/h6-13,26H,3-5,14-16H2,1-2H3,(H,24,28)(H,25,27). The van der Waals surface area contributed by atoms with Crippen LogP contribution in [-0.2, 0) is 9.59 Å². The summed E-state index contributed by atoms with van der Waals surface area (Å²) in [5.74, 6) is -0.328. The molecule has 28 heavy (non-hydrogen) atoms. The normalized spacial score (nSPS) is 15.5. The molecular formula is C23H29N3O2. The molecule has 0 aliphatic heterocycles. The van der Waals surface area contributed by atoms with Crippen molar-refractivity contribution < 1.29 is 9.59 Å². The quantitative estimate of drug-likeness (QED) is 0.705. The van der Waals surface area contributed by atoms with Gasteiger partial charge in [-0.05, 0) is 51.0 Å². The van der Waals surface area contributed by atoms with Crippen LogP contribution in [0.25, 0.3) is 0 Å². The zero-order chi connectivity index (χ0) is 20.0. The molecule has 1 saturated carbocycles. The van der Waals surface area contributed by atoms with Crippen molar-refractivity contribution in [3.05, 3.63) is 59.7 Å². The first-order chi connectivity index (χ1) is 13.5. The molecule has 3 rings (SSSR count). The van der Waals surface area contributed by atoms with Crippen LogP contribution in [0.2, 0.25) is 0 Å². The highest BCUT2D eigenvalue weighted by molar-refractivity contribution is 5.97. The van der Waals surface area contributed by atoms with E-state index in [2.05, 4.69) is 16.0 Å². The third-order valence-corrected chi connectivity index (χ3v) is 5.32. The van der Waals surface area contributed by atoms with Gasteiger partial charge >= 0.3 is 0 Å². The Labute approximate surface area is 166 Å². The molecule has 2 aromatic rings. The summed E-state index contributed by atoms with van der Waals surface area (Å²) in [6.07, 6.45) is 4.68. The van der Waals surface area contributed by atoms with E-state index in [0.29, 0.717) is 0 Å². The van der Waals surface area contributed by atoms with E-state index < -0.39 is 5.54 Å². The highest BCUT2D eigenvalue weighted by atomic mass is 16.2. The molecule has 0 radical (unpaired) electrons. The summed E-state index contributed by atoms with van der Waals surface area (Å²) in [5.41, 5.74) is 3.33. The number of anilines is 2. The fourth-order valence-corrected chi connectivity index (χ4v) is 3.65. The Balaban J connectivity index is 1.61. The average Bonchev–Trinajstić information content (AvgIpc) is 2.70. The van der Waals surface area contributed by atoms with Crippen molar-refractivity contribution in [2.24, 2.45) is 0 Å². The van der Waals surface area contributed by atoms with Gasteiger partial charge in [0.2, 0.25) is 11.8 Å². The molecule has 0 saturated heterocycles. The molecule has 1 aliphatic carbocycles. The molecule has 0 spiro atoms. The first-order valence-electron chi connectivity index (χ1n) is 9.97. The molecule has 1 fully saturated rings. The van der Waals surface area contributed by atoms with E-state index in [1.165, 1.54) is 5.56 Å². The van der Waals surface area contributed by atoms with E-state index in [9.17, 15) is 9.59 Å². The number of aryl methyl sites for hydroxylation is 2. The Morgan fingerprint density at radius 2 is 1.36 bits per heavy atom. The number of nitrogens with one attached hydrogen (secondary N) is 3. The second-order valence-electron chi connectivity index (χ2n) is 7.73. The summed E-state index contributed by atoms with van der Waals surface area (Å²) < 4.78 is 0. The predicted octanol–water partition coefficient (Wildman–Crippen LogP) is 4.17. The highest BCUT2D eigenvalue weighted by Gasteiger charge is 2.39. The summed E-state index contributed by atoms with van der Waals surface area (Å²) in [7, 11) is 0. The molecule has 0 atom stereocenters. The topological polar surface area (TPSA) is 70.2 Å². The second-order valence-corrected chi connectivity index (χ2v) is 7.73. The highest BCUT2D eigenvalue weighted by Crippen LogP contribution is 2.32. The third-order valence-electron chi connectivity index (χ3n) is 5.32. The molecule has 0 bridgehead atoms. The van der Waals surface area contributed by atoms with Crippen LogP contribution in [0.4, 0.5) is 11.4 Å². The van der Waals surface area contributed by atoms with Gasteiger partial charge in [-0.15, -0.1) is 0 Å². The van der Waals surface area contributed by atoms with Crippen LogP contribution < -0.4 is 16.0 Å². The summed E-state index contributed by atoms with van der Waals surface area (Å²) in [5, 5.41) is 9.12. The minimum Gasteiger partial charge on any atom is -0.371 e. The predicted molar refractivity (Wildman–Crippen MR) is 113 cm³/mol. The van der Waals surface area contributed by atoms with Crippen LogP contribution >= 0.6 is 0 Å². The fraction of sp³-hybridized carbons (Fsp3) is 0.391. The third kappa shape index (κ3) is 5.12. The van der Waals surface area contributed by atoms with Gasteiger partial charge in [0.15, 0.2) is 0 Å². The van der Waals surface area contributed by atoms with Crippen LogP contribution in [-0.4, -0.2) is 23.9 Å². The van der Waals surface area contributed by atoms with Crippen molar-refractivity contribution in [3.63, 3.8) is 0 Å². The number of carbonyl (C=O) groups is 2. The Kier molecular flexibility index (Phi) is 6.34. The Morgan fingerprint density at radius 1 is 0.821 bits per heavy atom. The summed E-state index contributed by atoms with van der Waals surface area (Å²) >= 11 is 0. The smallest absolute Gasteiger partial charge is 0.246 e. The van der Waals surface area contributed by atoms with Gasteiger partial charge in [0.1, 0.15) is 5.54 Å². The summed E-state index contributed by atoms with van der Waals surface area (Å²) in [6, 6.07) is 15.7. The van der Waals surface area contributed by atoms with Gasteiger partial charge < -0.3 is 16.0 Å². The molecule has 0 aromatic heterocycles. The summed E-state index contributed by atoms with van der Waals surface area (Å²) in [4.78, 5) is 25.3. The van der Waals surface area contributed by atoms with Crippen molar-refractivity contribution in [1.82, 2.24) is 5.32 Å². The molecule has 2 aromatic carbocycles. The van der Waals surface area contributed by atoms with Crippen molar-refractivity contribution >= 4 is 23.2 Å². The van der Waals surface area contributed by atoms with Gasteiger partial charge in [-0.3, -0.25) is 9.59 Å². The van der Waals surface area contributed by atoms with Gasteiger partial charge in [0, 0.05) is 11.4 Å². The minimum absolute atomic E-state index is 0.0377. The van der Waals surface area contributed by atoms with Crippen molar-refractivity contribution in [2.45, 2.75) is 51.5 Å². The first kappa shape index (κ1) is 19.9. The van der Waals surface area contributed by atoms with Crippen molar-refractivity contribution in [3.8, 4) is 0 Å². The number of carbonyl (C=O) groups excluding carboxylic acids is 2. The van der Waals surface area contributed by atoms with Crippen LogP contribution in [0.5, 0.6) is 0 Å². The van der Waals surface area contributed by atoms with Gasteiger partial charge in [-0.1, -0.05) is 54.7 Å². The van der Waals surface area contributed by atoms with Crippen LogP contribution in [0.1, 0.15) is 43.2 Å². The maximum Gasteiger partial charge on any atom is 0.246 e. The number of hydrogen-bond donors (Lipinski definition) is 3. The maximum absolute atomic E-state index is 13.0. The maximum atomic E-state index is 13.0. The number of hydrogen-bond acceptors (Lipinski definition) is 3. The van der Waals surface area contributed by atoms with E-state index in [4.69, 9.17) is 0 Å². The Morgan fingerprint density at radius 3 is 1.93 bits per heavy atom. The van der Waals surface area contributed by atoms with Crippen LogP contribution in [0, 0.1) is 13.8 Å². The Hall–Kier alpha value is -2.82. The van der Waals surface area contributed by atoms with E-state index in [0.717, 1.165) is 49.0 Å².